The van der Waals surface area contributed by atoms with Crippen LogP contribution in [-0.2, 0) is 10.3 Å². The topological polar surface area (TPSA) is 75.7 Å². The normalized spacial score (nSPS) is 21.0. The molecular formula is C19H14Cl2N2O4. The lowest BCUT2D eigenvalue weighted by Crippen LogP contribution is -2.47. The number of amides is 3. The third-order valence-electron chi connectivity index (χ3n) is 4.80. The fraction of sp³-hybridized carbons (Fsp3) is 0.211. The summed E-state index contributed by atoms with van der Waals surface area (Å²) in [4.78, 5) is 39.1. The first-order valence-corrected chi connectivity index (χ1v) is 9.02. The number of ketones is 1. The summed E-state index contributed by atoms with van der Waals surface area (Å²) in [6.45, 7) is -0.0922. The number of nitrogens with zero attached hydrogens (tertiary/aromatic N) is 1. The minimum Gasteiger partial charge on any atom is -0.493 e. The van der Waals surface area contributed by atoms with Gasteiger partial charge in [-0.1, -0.05) is 41.4 Å². The highest BCUT2D eigenvalue weighted by molar-refractivity contribution is 6.42. The quantitative estimate of drug-likeness (QED) is 0.628. The molecule has 138 valence electrons. The van der Waals surface area contributed by atoms with Crippen molar-refractivity contribution >= 4 is 40.9 Å². The Morgan fingerprint density at radius 3 is 2.70 bits per heavy atom. The fourth-order valence-corrected chi connectivity index (χ4v) is 3.72. The van der Waals surface area contributed by atoms with Crippen molar-refractivity contribution in [2.45, 2.75) is 12.0 Å². The van der Waals surface area contributed by atoms with Gasteiger partial charge < -0.3 is 10.1 Å². The van der Waals surface area contributed by atoms with Gasteiger partial charge in [-0.25, -0.2) is 4.79 Å². The second-order valence-corrected chi connectivity index (χ2v) is 7.19. The molecule has 1 spiro atoms. The lowest BCUT2D eigenvalue weighted by atomic mass is 9.84. The maximum Gasteiger partial charge on any atom is 0.325 e. The van der Waals surface area contributed by atoms with Crippen LogP contribution in [0.4, 0.5) is 4.79 Å². The average Bonchev–Trinajstić information content (AvgIpc) is 2.89. The van der Waals surface area contributed by atoms with E-state index in [1.165, 1.54) is 18.2 Å². The number of nitrogens with one attached hydrogen (secondary N) is 1. The van der Waals surface area contributed by atoms with Crippen LogP contribution < -0.4 is 10.1 Å². The van der Waals surface area contributed by atoms with Gasteiger partial charge in [0.1, 0.15) is 5.75 Å². The van der Waals surface area contributed by atoms with Crippen molar-refractivity contribution < 1.29 is 19.1 Å². The lowest BCUT2D eigenvalue weighted by molar-refractivity contribution is -0.132. The molecule has 0 bridgehead atoms. The van der Waals surface area contributed by atoms with Crippen LogP contribution in [0, 0.1) is 0 Å². The predicted molar refractivity (Wildman–Crippen MR) is 99.3 cm³/mol. The molecule has 2 aromatic rings. The van der Waals surface area contributed by atoms with E-state index in [4.69, 9.17) is 27.9 Å². The number of urea groups is 1. The van der Waals surface area contributed by atoms with Crippen LogP contribution in [0.15, 0.2) is 42.5 Å². The molecule has 0 aliphatic carbocycles. The maximum absolute atomic E-state index is 13.1. The molecule has 1 unspecified atom stereocenters. The SMILES string of the molecule is O=C(CN1C(=O)NC2(CCOc3ccccc32)C1=O)c1ccc(Cl)c(Cl)c1. The predicted octanol–water partition coefficient (Wildman–Crippen LogP) is 3.41. The molecule has 2 aromatic carbocycles. The molecule has 1 fully saturated rings. The van der Waals surface area contributed by atoms with Gasteiger partial charge in [0, 0.05) is 17.5 Å². The first-order valence-electron chi connectivity index (χ1n) is 8.27. The lowest BCUT2D eigenvalue weighted by Gasteiger charge is -2.33. The largest absolute Gasteiger partial charge is 0.493 e. The molecule has 4 rings (SSSR count). The van der Waals surface area contributed by atoms with Gasteiger partial charge >= 0.3 is 6.03 Å². The monoisotopic (exact) mass is 404 g/mol. The Morgan fingerprint density at radius 1 is 1.15 bits per heavy atom. The molecule has 2 heterocycles. The Bertz CT molecular complexity index is 978. The Balaban J connectivity index is 1.63. The van der Waals surface area contributed by atoms with Crippen LogP contribution >= 0.6 is 23.2 Å². The summed E-state index contributed by atoms with van der Waals surface area (Å²) in [5.74, 6) is -0.318. The molecule has 0 radical (unpaired) electrons. The summed E-state index contributed by atoms with van der Waals surface area (Å²) in [7, 11) is 0. The molecule has 1 saturated heterocycles. The van der Waals surface area contributed by atoms with E-state index in [1.807, 2.05) is 0 Å². The molecule has 0 saturated carbocycles. The van der Waals surface area contributed by atoms with Crippen LogP contribution in [-0.4, -0.2) is 35.8 Å². The van der Waals surface area contributed by atoms with E-state index in [2.05, 4.69) is 5.32 Å². The number of benzene rings is 2. The van der Waals surface area contributed by atoms with E-state index in [0.717, 1.165) is 4.90 Å². The summed E-state index contributed by atoms with van der Waals surface area (Å²) in [5, 5.41) is 3.31. The van der Waals surface area contributed by atoms with Crippen molar-refractivity contribution in [2.24, 2.45) is 0 Å². The number of imide groups is 1. The number of rotatable bonds is 3. The van der Waals surface area contributed by atoms with Crippen molar-refractivity contribution in [3.05, 3.63) is 63.6 Å². The van der Waals surface area contributed by atoms with Gasteiger partial charge in [0.2, 0.25) is 0 Å². The third kappa shape index (κ3) is 2.85. The summed E-state index contributed by atoms with van der Waals surface area (Å²) in [5.41, 5.74) is -0.332. The molecule has 3 amide bonds. The van der Waals surface area contributed by atoms with Crippen molar-refractivity contribution in [1.82, 2.24) is 10.2 Å². The molecule has 27 heavy (non-hydrogen) atoms. The zero-order chi connectivity index (χ0) is 19.2. The van der Waals surface area contributed by atoms with Gasteiger partial charge in [-0.3, -0.25) is 14.5 Å². The summed E-state index contributed by atoms with van der Waals surface area (Å²) >= 11 is 11.8. The number of hydrogen-bond donors (Lipinski definition) is 1. The molecule has 2 aliphatic heterocycles. The molecule has 8 heteroatoms. The average molecular weight is 405 g/mol. The minimum absolute atomic E-state index is 0.231. The number of hydrogen-bond acceptors (Lipinski definition) is 4. The van der Waals surface area contributed by atoms with E-state index < -0.39 is 23.3 Å². The Morgan fingerprint density at radius 2 is 1.93 bits per heavy atom. The molecule has 1 atom stereocenters. The van der Waals surface area contributed by atoms with Crippen LogP contribution in [0.25, 0.3) is 0 Å². The number of carbonyl (C=O) groups is 3. The van der Waals surface area contributed by atoms with E-state index in [-0.39, 0.29) is 23.7 Å². The van der Waals surface area contributed by atoms with E-state index in [1.54, 1.807) is 24.3 Å². The van der Waals surface area contributed by atoms with Crippen LogP contribution in [0.1, 0.15) is 22.3 Å². The standard InChI is InChI=1S/C19H14Cl2N2O4/c20-13-6-5-11(9-14(13)21)15(24)10-23-17(25)19(22-18(23)26)7-8-27-16-4-2-1-3-12(16)19/h1-6,9H,7-8,10H2,(H,22,26). The molecule has 2 aliphatic rings. The Labute approximate surface area is 165 Å². The third-order valence-corrected chi connectivity index (χ3v) is 5.54. The molecule has 6 nitrogen and oxygen atoms in total. The number of carbonyl (C=O) groups excluding carboxylic acids is 3. The van der Waals surface area contributed by atoms with Crippen molar-refractivity contribution in [2.75, 3.05) is 13.2 Å². The van der Waals surface area contributed by atoms with Crippen LogP contribution in [0.2, 0.25) is 10.0 Å². The van der Waals surface area contributed by atoms with Gasteiger partial charge in [0.05, 0.1) is 23.2 Å². The van der Waals surface area contributed by atoms with Crippen molar-refractivity contribution in [3.8, 4) is 5.75 Å². The van der Waals surface area contributed by atoms with Crippen molar-refractivity contribution in [3.63, 3.8) is 0 Å². The van der Waals surface area contributed by atoms with Gasteiger partial charge in [-0.05, 0) is 24.3 Å². The summed E-state index contributed by atoms with van der Waals surface area (Å²) < 4.78 is 5.59. The van der Waals surface area contributed by atoms with Gasteiger partial charge in [-0.2, -0.15) is 0 Å². The molecular weight excluding hydrogens is 391 g/mol. The minimum atomic E-state index is -1.20. The number of Topliss-reactive ketones (excluding diaryl/α,β-unsaturated/α-hetero) is 1. The first-order chi connectivity index (χ1) is 12.9. The Kier molecular flexibility index (Phi) is 4.32. The number of ether oxygens (including phenoxy) is 1. The van der Waals surface area contributed by atoms with Gasteiger partial charge in [0.15, 0.2) is 11.3 Å². The number of para-hydroxylation sites is 1. The van der Waals surface area contributed by atoms with Gasteiger partial charge in [-0.15, -0.1) is 0 Å². The second-order valence-electron chi connectivity index (χ2n) is 6.37. The van der Waals surface area contributed by atoms with Gasteiger partial charge in [0.25, 0.3) is 5.91 Å². The van der Waals surface area contributed by atoms with E-state index in [9.17, 15) is 14.4 Å². The first kappa shape index (κ1) is 17.8. The highest BCUT2D eigenvalue weighted by atomic mass is 35.5. The highest BCUT2D eigenvalue weighted by Gasteiger charge is 2.55. The zero-order valence-electron chi connectivity index (χ0n) is 14.0. The fourth-order valence-electron chi connectivity index (χ4n) is 3.42. The smallest absolute Gasteiger partial charge is 0.325 e. The maximum atomic E-state index is 13.1. The molecule has 0 aromatic heterocycles. The van der Waals surface area contributed by atoms with E-state index in [0.29, 0.717) is 22.8 Å². The number of fused-ring (bicyclic) bond motifs is 2. The van der Waals surface area contributed by atoms with Crippen LogP contribution in [0.3, 0.4) is 0 Å². The van der Waals surface area contributed by atoms with E-state index >= 15 is 0 Å². The Hall–Kier alpha value is -2.57. The summed E-state index contributed by atoms with van der Waals surface area (Å²) in [6.07, 6.45) is 0.298. The molecule has 1 N–H and O–H groups in total. The zero-order valence-corrected chi connectivity index (χ0v) is 15.5. The highest BCUT2D eigenvalue weighted by Crippen LogP contribution is 2.41. The summed E-state index contributed by atoms with van der Waals surface area (Å²) in [6, 6.07) is 10.9. The van der Waals surface area contributed by atoms with Crippen LogP contribution in [0.5, 0.6) is 5.75 Å². The van der Waals surface area contributed by atoms with Crippen molar-refractivity contribution in [1.29, 1.82) is 0 Å². The second kappa shape index (κ2) is 6.55. The number of halogens is 2.